The van der Waals surface area contributed by atoms with Crippen LogP contribution in [-0.2, 0) is 10.0 Å². The highest BCUT2D eigenvalue weighted by molar-refractivity contribution is 7.91. The number of thiophene rings is 1. The average Bonchev–Trinajstić information content (AvgIpc) is 2.65. The Morgan fingerprint density at radius 1 is 1.50 bits per heavy atom. The molecule has 0 aromatic carbocycles. The third-order valence-electron chi connectivity index (χ3n) is 2.73. The van der Waals surface area contributed by atoms with E-state index >= 15 is 0 Å². The van der Waals surface area contributed by atoms with Crippen LogP contribution in [0.3, 0.4) is 0 Å². The van der Waals surface area contributed by atoms with Gasteiger partial charge in [-0.3, -0.25) is 0 Å². The third-order valence-corrected chi connectivity index (χ3v) is 6.06. The molecule has 1 aromatic rings. The molecule has 90 valence electrons. The molecule has 1 aliphatic rings. The maximum Gasteiger partial charge on any atom is 0.252 e. The fourth-order valence-electron chi connectivity index (χ4n) is 1.87. The van der Waals surface area contributed by atoms with E-state index in [1.165, 1.54) is 15.6 Å². The summed E-state index contributed by atoms with van der Waals surface area (Å²) in [7, 11) is -3.30. The van der Waals surface area contributed by atoms with E-state index in [4.69, 9.17) is 5.73 Å². The van der Waals surface area contributed by atoms with Crippen molar-refractivity contribution in [2.45, 2.75) is 30.0 Å². The van der Waals surface area contributed by atoms with Gasteiger partial charge in [0.1, 0.15) is 4.21 Å². The van der Waals surface area contributed by atoms with Crippen LogP contribution in [0.4, 0.5) is 0 Å². The molecule has 2 heterocycles. The molecule has 0 bridgehead atoms. The smallest absolute Gasteiger partial charge is 0.252 e. The van der Waals surface area contributed by atoms with Crippen LogP contribution in [0, 0.1) is 6.92 Å². The third kappa shape index (κ3) is 2.29. The second-order valence-electron chi connectivity index (χ2n) is 4.13. The van der Waals surface area contributed by atoms with Crippen LogP contribution in [0.1, 0.15) is 17.7 Å². The van der Waals surface area contributed by atoms with Gasteiger partial charge in [-0.05, 0) is 31.9 Å². The SMILES string of the molecule is Cc1ccc(S(=O)(=O)N2CCC[C@@H](N)C2)s1. The number of nitrogens with two attached hydrogens (primary N) is 1. The number of hydrogen-bond donors (Lipinski definition) is 1. The fraction of sp³-hybridized carbons (Fsp3) is 0.600. The Hall–Kier alpha value is -0.430. The van der Waals surface area contributed by atoms with Crippen molar-refractivity contribution < 1.29 is 8.42 Å². The van der Waals surface area contributed by atoms with E-state index in [9.17, 15) is 8.42 Å². The Bertz CT molecular complexity index is 467. The molecule has 4 nitrogen and oxygen atoms in total. The van der Waals surface area contributed by atoms with Gasteiger partial charge in [0.25, 0.3) is 10.0 Å². The number of aryl methyl sites for hydroxylation is 1. The molecule has 0 aliphatic carbocycles. The van der Waals surface area contributed by atoms with E-state index in [2.05, 4.69) is 0 Å². The lowest BCUT2D eigenvalue weighted by Crippen LogP contribution is -2.45. The molecule has 1 aromatic heterocycles. The van der Waals surface area contributed by atoms with Gasteiger partial charge in [0, 0.05) is 24.0 Å². The summed E-state index contributed by atoms with van der Waals surface area (Å²) in [5, 5.41) is 0. The van der Waals surface area contributed by atoms with Crippen molar-refractivity contribution in [2.75, 3.05) is 13.1 Å². The Labute approximate surface area is 100 Å². The number of hydrogen-bond acceptors (Lipinski definition) is 4. The zero-order valence-corrected chi connectivity index (χ0v) is 10.9. The fourth-order valence-corrected chi connectivity index (χ4v) is 4.84. The summed E-state index contributed by atoms with van der Waals surface area (Å²) in [6.45, 7) is 2.94. The monoisotopic (exact) mass is 260 g/mol. The first-order valence-corrected chi connectivity index (χ1v) is 7.58. The molecule has 6 heteroatoms. The van der Waals surface area contributed by atoms with Crippen LogP contribution in [0.25, 0.3) is 0 Å². The van der Waals surface area contributed by atoms with Crippen molar-refractivity contribution in [1.29, 1.82) is 0 Å². The van der Waals surface area contributed by atoms with Crippen LogP contribution >= 0.6 is 11.3 Å². The van der Waals surface area contributed by atoms with E-state index in [0.29, 0.717) is 17.3 Å². The van der Waals surface area contributed by atoms with Gasteiger partial charge in [-0.25, -0.2) is 8.42 Å². The Kier molecular flexibility index (Phi) is 3.34. The van der Waals surface area contributed by atoms with Gasteiger partial charge in [0.15, 0.2) is 0 Å². The zero-order valence-electron chi connectivity index (χ0n) is 9.22. The molecule has 1 atom stereocenters. The molecular formula is C10H16N2O2S2. The van der Waals surface area contributed by atoms with Crippen molar-refractivity contribution in [3.05, 3.63) is 17.0 Å². The van der Waals surface area contributed by atoms with Crippen LogP contribution in [0.5, 0.6) is 0 Å². The van der Waals surface area contributed by atoms with Gasteiger partial charge in [-0.2, -0.15) is 4.31 Å². The van der Waals surface area contributed by atoms with E-state index < -0.39 is 10.0 Å². The van der Waals surface area contributed by atoms with Crippen molar-refractivity contribution in [2.24, 2.45) is 5.73 Å². The van der Waals surface area contributed by atoms with Crippen molar-refractivity contribution >= 4 is 21.4 Å². The summed E-state index contributed by atoms with van der Waals surface area (Å²) in [5.41, 5.74) is 5.80. The number of rotatable bonds is 2. The van der Waals surface area contributed by atoms with Gasteiger partial charge in [-0.15, -0.1) is 11.3 Å². The second-order valence-corrected chi connectivity index (χ2v) is 7.58. The number of nitrogens with zero attached hydrogens (tertiary/aromatic N) is 1. The normalized spacial score (nSPS) is 23.5. The van der Waals surface area contributed by atoms with Gasteiger partial charge < -0.3 is 5.73 Å². The topological polar surface area (TPSA) is 63.4 Å². The lowest BCUT2D eigenvalue weighted by molar-refractivity contribution is 0.316. The molecule has 0 unspecified atom stereocenters. The van der Waals surface area contributed by atoms with Gasteiger partial charge in [-0.1, -0.05) is 0 Å². The number of sulfonamides is 1. The molecular weight excluding hydrogens is 244 g/mol. The summed E-state index contributed by atoms with van der Waals surface area (Å²) >= 11 is 1.32. The molecule has 0 radical (unpaired) electrons. The summed E-state index contributed by atoms with van der Waals surface area (Å²) in [6, 6.07) is 3.49. The van der Waals surface area contributed by atoms with Crippen LogP contribution in [0.2, 0.25) is 0 Å². The maximum absolute atomic E-state index is 12.2. The van der Waals surface area contributed by atoms with Gasteiger partial charge in [0.2, 0.25) is 0 Å². The Morgan fingerprint density at radius 2 is 2.25 bits per heavy atom. The average molecular weight is 260 g/mol. The van der Waals surface area contributed by atoms with E-state index in [1.54, 1.807) is 6.07 Å². The second kappa shape index (κ2) is 4.44. The molecule has 0 saturated carbocycles. The molecule has 1 fully saturated rings. The summed E-state index contributed by atoms with van der Waals surface area (Å²) in [6.07, 6.45) is 1.76. The first kappa shape index (κ1) is 12.0. The predicted octanol–water partition coefficient (Wildman–Crippen LogP) is 1.17. The summed E-state index contributed by atoms with van der Waals surface area (Å²) in [4.78, 5) is 1.01. The minimum atomic E-state index is -3.30. The van der Waals surface area contributed by atoms with E-state index in [0.717, 1.165) is 17.7 Å². The molecule has 16 heavy (non-hydrogen) atoms. The quantitative estimate of drug-likeness (QED) is 0.868. The highest BCUT2D eigenvalue weighted by atomic mass is 32.2. The number of piperidine rings is 1. The molecule has 2 rings (SSSR count). The van der Waals surface area contributed by atoms with Crippen LogP contribution < -0.4 is 5.73 Å². The minimum Gasteiger partial charge on any atom is -0.327 e. The molecule has 0 spiro atoms. The standard InChI is InChI=1S/C10H16N2O2S2/c1-8-4-5-10(15-8)16(13,14)12-6-2-3-9(11)7-12/h4-5,9H,2-3,6-7,11H2,1H3/t9-/m1/s1. The highest BCUT2D eigenvalue weighted by Crippen LogP contribution is 2.26. The van der Waals surface area contributed by atoms with Crippen molar-refractivity contribution in [1.82, 2.24) is 4.31 Å². The largest absolute Gasteiger partial charge is 0.327 e. The van der Waals surface area contributed by atoms with Gasteiger partial charge in [0.05, 0.1) is 0 Å². The molecule has 0 amide bonds. The molecule has 1 saturated heterocycles. The van der Waals surface area contributed by atoms with Crippen LogP contribution in [-0.4, -0.2) is 31.9 Å². The predicted molar refractivity (Wildman–Crippen MR) is 65.0 cm³/mol. The molecule has 2 N–H and O–H groups in total. The lowest BCUT2D eigenvalue weighted by atomic mass is 10.1. The van der Waals surface area contributed by atoms with Gasteiger partial charge >= 0.3 is 0 Å². The van der Waals surface area contributed by atoms with Crippen LogP contribution in [0.15, 0.2) is 16.3 Å². The lowest BCUT2D eigenvalue weighted by Gasteiger charge is -2.29. The minimum absolute atomic E-state index is 0.0235. The zero-order chi connectivity index (χ0) is 11.8. The highest BCUT2D eigenvalue weighted by Gasteiger charge is 2.29. The first-order valence-electron chi connectivity index (χ1n) is 5.32. The van der Waals surface area contributed by atoms with E-state index in [-0.39, 0.29) is 6.04 Å². The van der Waals surface area contributed by atoms with E-state index in [1.807, 2.05) is 13.0 Å². The summed E-state index contributed by atoms with van der Waals surface area (Å²) in [5.74, 6) is 0. The summed E-state index contributed by atoms with van der Waals surface area (Å²) < 4.78 is 26.4. The Balaban J connectivity index is 2.25. The first-order chi connectivity index (χ1) is 7.50. The van der Waals surface area contributed by atoms with Crippen molar-refractivity contribution in [3.8, 4) is 0 Å². The van der Waals surface area contributed by atoms with Crippen molar-refractivity contribution in [3.63, 3.8) is 0 Å². The molecule has 1 aliphatic heterocycles. The Morgan fingerprint density at radius 3 is 2.81 bits per heavy atom. The maximum atomic E-state index is 12.2.